The minimum absolute atomic E-state index is 0.235. The number of hydroxylamine groups is 1. The van der Waals surface area contributed by atoms with Crippen molar-refractivity contribution in [3.8, 4) is 0 Å². The van der Waals surface area contributed by atoms with Crippen molar-refractivity contribution in [2.75, 3.05) is 0 Å². The first kappa shape index (κ1) is 8.32. The monoisotopic (exact) mass is 168 g/mol. The van der Waals surface area contributed by atoms with Crippen molar-refractivity contribution < 1.29 is 18.0 Å². The van der Waals surface area contributed by atoms with Crippen LogP contribution in [0.4, 0.5) is 13.2 Å². The Hall–Kier alpha value is -0.780. The fourth-order valence-electron chi connectivity index (χ4n) is 0.732. The van der Waals surface area contributed by atoms with E-state index in [9.17, 15) is 13.2 Å². The van der Waals surface area contributed by atoms with E-state index in [0.717, 1.165) is 0 Å². The van der Waals surface area contributed by atoms with Crippen LogP contribution in [0.25, 0.3) is 0 Å². The van der Waals surface area contributed by atoms with E-state index >= 15 is 0 Å². The van der Waals surface area contributed by atoms with Gasteiger partial charge in [-0.3, -0.25) is 0 Å². The van der Waals surface area contributed by atoms with Crippen molar-refractivity contribution in [2.45, 2.75) is 25.7 Å². The maximum Gasteiger partial charge on any atom is 0.392 e. The van der Waals surface area contributed by atoms with Gasteiger partial charge in [-0.15, -0.1) is 5.48 Å². The molecule has 1 aliphatic rings. The predicted molar refractivity (Wildman–Crippen MR) is 31.8 cm³/mol. The van der Waals surface area contributed by atoms with E-state index < -0.39 is 18.8 Å². The molecule has 0 fully saturated rings. The molecule has 0 aliphatic carbocycles. The van der Waals surface area contributed by atoms with Crippen LogP contribution < -0.4 is 5.48 Å². The summed E-state index contributed by atoms with van der Waals surface area (Å²) in [6, 6.07) is 0. The van der Waals surface area contributed by atoms with Crippen molar-refractivity contribution in [3.05, 3.63) is 0 Å². The highest BCUT2D eigenvalue weighted by molar-refractivity contribution is 5.74. The molecule has 1 aliphatic heterocycles. The fourth-order valence-corrected chi connectivity index (χ4v) is 0.732. The van der Waals surface area contributed by atoms with E-state index in [1.54, 1.807) is 0 Å². The number of alkyl halides is 3. The molecule has 0 spiro atoms. The molecular formula is C5H7F3N2O. The number of nitrogens with one attached hydrogen (secondary N) is 1. The van der Waals surface area contributed by atoms with Gasteiger partial charge in [-0.25, -0.2) is 4.99 Å². The minimum Gasteiger partial charge on any atom is -0.392 e. The highest BCUT2D eigenvalue weighted by atomic mass is 19.4. The van der Waals surface area contributed by atoms with Crippen molar-refractivity contribution in [1.29, 1.82) is 0 Å². The summed E-state index contributed by atoms with van der Waals surface area (Å²) >= 11 is 0. The Morgan fingerprint density at radius 1 is 1.64 bits per heavy atom. The van der Waals surface area contributed by atoms with Crippen LogP contribution >= 0.6 is 0 Å². The molecule has 3 nitrogen and oxygen atoms in total. The molecule has 1 unspecified atom stereocenters. The summed E-state index contributed by atoms with van der Waals surface area (Å²) in [5, 5.41) is 0. The van der Waals surface area contributed by atoms with Gasteiger partial charge in [-0.05, 0) is 0 Å². The zero-order valence-corrected chi connectivity index (χ0v) is 5.77. The molecular weight excluding hydrogens is 161 g/mol. The maximum atomic E-state index is 11.7. The van der Waals surface area contributed by atoms with E-state index in [0.29, 0.717) is 0 Å². The van der Waals surface area contributed by atoms with Crippen LogP contribution in [0.5, 0.6) is 0 Å². The second-order valence-corrected chi connectivity index (χ2v) is 2.20. The molecule has 0 aromatic heterocycles. The van der Waals surface area contributed by atoms with Crippen molar-refractivity contribution >= 4 is 5.90 Å². The molecule has 1 N–H and O–H groups in total. The van der Waals surface area contributed by atoms with Gasteiger partial charge in [0.2, 0.25) is 5.90 Å². The zero-order valence-electron chi connectivity index (χ0n) is 5.77. The normalized spacial score (nSPS) is 24.7. The third kappa shape index (κ3) is 2.75. The molecule has 0 saturated carbocycles. The average Bonchev–Trinajstić information content (AvgIpc) is 2.10. The lowest BCUT2D eigenvalue weighted by atomic mass is 10.3. The van der Waals surface area contributed by atoms with Gasteiger partial charge in [-0.1, -0.05) is 0 Å². The van der Waals surface area contributed by atoms with E-state index in [-0.39, 0.29) is 5.90 Å². The Morgan fingerprint density at radius 2 is 2.27 bits per heavy atom. The van der Waals surface area contributed by atoms with Crippen molar-refractivity contribution in [2.24, 2.45) is 4.99 Å². The summed E-state index contributed by atoms with van der Waals surface area (Å²) in [4.78, 5) is 8.05. The molecule has 0 radical (unpaired) electrons. The second kappa shape index (κ2) is 2.69. The van der Waals surface area contributed by atoms with Gasteiger partial charge in [0, 0.05) is 6.92 Å². The molecule has 1 rings (SSSR count). The first-order valence-corrected chi connectivity index (χ1v) is 3.01. The second-order valence-electron chi connectivity index (χ2n) is 2.20. The SMILES string of the molecule is CC1=NC(CC(F)(F)F)NO1. The topological polar surface area (TPSA) is 33.6 Å². The Bertz CT molecular complexity index is 177. The van der Waals surface area contributed by atoms with E-state index in [1.807, 2.05) is 0 Å². The maximum absolute atomic E-state index is 11.7. The van der Waals surface area contributed by atoms with Crippen molar-refractivity contribution in [3.63, 3.8) is 0 Å². The largest absolute Gasteiger partial charge is 0.392 e. The van der Waals surface area contributed by atoms with Gasteiger partial charge in [0.25, 0.3) is 0 Å². The average molecular weight is 168 g/mol. The summed E-state index contributed by atoms with van der Waals surface area (Å²) in [7, 11) is 0. The summed E-state index contributed by atoms with van der Waals surface area (Å²) in [6.45, 7) is 1.49. The van der Waals surface area contributed by atoms with Gasteiger partial charge in [0.1, 0.15) is 6.17 Å². The number of hydrogen-bond acceptors (Lipinski definition) is 3. The van der Waals surface area contributed by atoms with E-state index in [2.05, 4.69) is 15.3 Å². The van der Waals surface area contributed by atoms with Gasteiger partial charge in [0.15, 0.2) is 0 Å². The van der Waals surface area contributed by atoms with Gasteiger partial charge in [-0.2, -0.15) is 13.2 Å². The molecule has 1 atom stereocenters. The molecule has 0 bridgehead atoms. The van der Waals surface area contributed by atoms with Gasteiger partial charge >= 0.3 is 6.18 Å². The van der Waals surface area contributed by atoms with Crippen molar-refractivity contribution in [1.82, 2.24) is 5.48 Å². The molecule has 0 aromatic rings. The van der Waals surface area contributed by atoms with E-state index in [4.69, 9.17) is 0 Å². The van der Waals surface area contributed by atoms with Crippen LogP contribution in [0.15, 0.2) is 4.99 Å². The van der Waals surface area contributed by atoms with Crippen LogP contribution in [0.1, 0.15) is 13.3 Å². The Balaban J connectivity index is 2.40. The van der Waals surface area contributed by atoms with Crippen LogP contribution in [0, 0.1) is 0 Å². The predicted octanol–water partition coefficient (Wildman–Crippen LogP) is 1.22. The molecule has 0 aromatic carbocycles. The van der Waals surface area contributed by atoms with E-state index in [1.165, 1.54) is 6.92 Å². The summed E-state index contributed by atoms with van der Waals surface area (Å²) < 4.78 is 35.0. The standard InChI is InChI=1S/C5H7F3N2O/c1-3-9-4(10-11-3)2-5(6,7)8/h4,10H,2H2,1H3. The molecule has 1 heterocycles. The van der Waals surface area contributed by atoms with Crippen LogP contribution in [-0.2, 0) is 4.84 Å². The fraction of sp³-hybridized carbons (Fsp3) is 0.800. The molecule has 64 valence electrons. The zero-order chi connectivity index (χ0) is 8.48. The van der Waals surface area contributed by atoms with Crippen LogP contribution in [0.2, 0.25) is 0 Å². The molecule has 11 heavy (non-hydrogen) atoms. The highest BCUT2D eigenvalue weighted by Crippen LogP contribution is 2.23. The Morgan fingerprint density at radius 3 is 2.64 bits per heavy atom. The molecule has 0 saturated heterocycles. The number of halogens is 3. The molecule has 6 heteroatoms. The first-order valence-electron chi connectivity index (χ1n) is 3.01. The lowest BCUT2D eigenvalue weighted by molar-refractivity contribution is -0.142. The number of nitrogens with zero attached hydrogens (tertiary/aromatic N) is 1. The third-order valence-corrected chi connectivity index (χ3v) is 1.11. The van der Waals surface area contributed by atoms with Gasteiger partial charge < -0.3 is 4.84 Å². The quantitative estimate of drug-likeness (QED) is 0.638. The van der Waals surface area contributed by atoms with Gasteiger partial charge in [0.05, 0.1) is 6.42 Å². The Kier molecular flexibility index (Phi) is 2.03. The first-order chi connectivity index (χ1) is 4.97. The third-order valence-electron chi connectivity index (χ3n) is 1.11. The number of rotatable bonds is 1. The van der Waals surface area contributed by atoms with Crippen LogP contribution in [-0.4, -0.2) is 18.2 Å². The minimum atomic E-state index is -4.20. The summed E-state index contributed by atoms with van der Waals surface area (Å²) in [5.74, 6) is 0.235. The smallest absolute Gasteiger partial charge is 0.392 e. The molecule has 0 amide bonds. The highest BCUT2D eigenvalue weighted by Gasteiger charge is 2.33. The summed E-state index contributed by atoms with van der Waals surface area (Å²) in [5.41, 5.74) is 2.14. The number of aliphatic imine (C=N–C) groups is 1. The van der Waals surface area contributed by atoms with Crippen LogP contribution in [0.3, 0.4) is 0 Å². The lowest BCUT2D eigenvalue weighted by Crippen LogP contribution is -2.27. The lowest BCUT2D eigenvalue weighted by Gasteiger charge is -2.08. The summed E-state index contributed by atoms with van der Waals surface area (Å²) in [6.07, 6.45) is -6.17. The number of hydrogen-bond donors (Lipinski definition) is 1. The Labute approximate surface area is 61.2 Å².